The standard InChI is InChI=1S/C25H29ClFN5O3S/c1-4-31-16-21(24(33)28-15-19-8-9-20(27)14-22(19)26)25(29-31)36(34,35)32-12-10-30(11-13-32)23-7-5-6-17(2)18(23)3/h5-9,14,16H,4,10-13,15H2,1-3H3,(H,28,33). The van der Waals surface area contributed by atoms with E-state index in [0.29, 0.717) is 25.2 Å². The minimum atomic E-state index is -4.01. The molecule has 3 aromatic rings. The zero-order chi connectivity index (χ0) is 26.0. The van der Waals surface area contributed by atoms with Crippen molar-refractivity contribution in [1.29, 1.82) is 0 Å². The number of nitrogens with one attached hydrogen (secondary N) is 1. The van der Waals surface area contributed by atoms with Crippen LogP contribution >= 0.6 is 11.6 Å². The Hall–Kier alpha value is -2.95. The van der Waals surface area contributed by atoms with Crippen LogP contribution in [-0.2, 0) is 23.1 Å². The van der Waals surface area contributed by atoms with Gasteiger partial charge in [0.2, 0.25) is 5.03 Å². The molecule has 4 rings (SSSR count). The van der Waals surface area contributed by atoms with Gasteiger partial charge in [0, 0.05) is 56.2 Å². The second-order valence-corrected chi connectivity index (χ2v) is 11.0. The molecule has 1 aromatic heterocycles. The highest BCUT2D eigenvalue weighted by Gasteiger charge is 2.35. The lowest BCUT2D eigenvalue weighted by Crippen LogP contribution is -2.49. The molecule has 8 nitrogen and oxygen atoms in total. The van der Waals surface area contributed by atoms with Gasteiger partial charge < -0.3 is 10.2 Å². The summed E-state index contributed by atoms with van der Waals surface area (Å²) in [6.07, 6.45) is 1.43. The van der Waals surface area contributed by atoms with Crippen molar-refractivity contribution in [3.63, 3.8) is 0 Å². The average molecular weight is 534 g/mol. The first-order chi connectivity index (χ1) is 17.1. The van der Waals surface area contributed by atoms with Crippen molar-refractivity contribution < 1.29 is 17.6 Å². The number of aromatic nitrogens is 2. The van der Waals surface area contributed by atoms with Gasteiger partial charge in [0.05, 0.1) is 5.56 Å². The number of hydrogen-bond donors (Lipinski definition) is 1. The van der Waals surface area contributed by atoms with Gasteiger partial charge >= 0.3 is 0 Å². The van der Waals surface area contributed by atoms with Crippen LogP contribution in [0.25, 0.3) is 0 Å². The van der Waals surface area contributed by atoms with E-state index in [1.165, 1.54) is 38.4 Å². The molecule has 1 aliphatic rings. The molecule has 1 amide bonds. The minimum Gasteiger partial charge on any atom is -0.369 e. The van der Waals surface area contributed by atoms with Crippen molar-refractivity contribution in [2.45, 2.75) is 38.9 Å². The van der Waals surface area contributed by atoms with Gasteiger partial charge in [-0.05, 0) is 55.7 Å². The highest BCUT2D eigenvalue weighted by Crippen LogP contribution is 2.26. The molecule has 192 valence electrons. The van der Waals surface area contributed by atoms with Gasteiger partial charge in [0.1, 0.15) is 5.82 Å². The third-order valence-corrected chi connectivity index (χ3v) is 8.68. The molecule has 0 atom stereocenters. The first kappa shape index (κ1) is 26.1. The maximum absolute atomic E-state index is 13.6. The van der Waals surface area contributed by atoms with Gasteiger partial charge in [-0.2, -0.15) is 9.40 Å². The van der Waals surface area contributed by atoms with E-state index in [4.69, 9.17) is 11.6 Å². The van der Waals surface area contributed by atoms with E-state index in [1.54, 1.807) is 0 Å². The van der Waals surface area contributed by atoms with Crippen molar-refractivity contribution >= 4 is 33.2 Å². The largest absolute Gasteiger partial charge is 0.369 e. The van der Waals surface area contributed by atoms with Gasteiger partial charge in [0.25, 0.3) is 15.9 Å². The van der Waals surface area contributed by atoms with Gasteiger partial charge in [0.15, 0.2) is 0 Å². The molecule has 2 heterocycles. The number of halogens is 2. The van der Waals surface area contributed by atoms with Crippen LogP contribution in [-0.4, -0.2) is 54.6 Å². The average Bonchev–Trinajstić information content (AvgIpc) is 3.31. The normalized spacial score (nSPS) is 14.8. The van der Waals surface area contributed by atoms with E-state index < -0.39 is 21.7 Å². The predicted octanol–water partition coefficient (Wildman–Crippen LogP) is 3.75. The molecule has 0 unspecified atom stereocenters. The molecule has 0 spiro atoms. The SMILES string of the molecule is CCn1cc(C(=O)NCc2ccc(F)cc2Cl)c(S(=O)(=O)N2CCN(c3cccc(C)c3C)CC2)n1. The van der Waals surface area contributed by atoms with E-state index in [-0.39, 0.29) is 35.2 Å². The fourth-order valence-corrected chi connectivity index (χ4v) is 5.97. The first-order valence-corrected chi connectivity index (χ1v) is 13.5. The van der Waals surface area contributed by atoms with Gasteiger partial charge in [-0.3, -0.25) is 9.48 Å². The van der Waals surface area contributed by atoms with E-state index in [0.717, 1.165) is 11.8 Å². The lowest BCUT2D eigenvalue weighted by Gasteiger charge is -2.36. The molecular formula is C25H29ClFN5O3S. The zero-order valence-corrected chi connectivity index (χ0v) is 22.0. The molecule has 0 bridgehead atoms. The van der Waals surface area contributed by atoms with Crippen LogP contribution in [0.1, 0.15) is 34.0 Å². The van der Waals surface area contributed by atoms with Crippen molar-refractivity contribution in [2.75, 3.05) is 31.1 Å². The lowest BCUT2D eigenvalue weighted by molar-refractivity contribution is 0.0947. The monoisotopic (exact) mass is 533 g/mol. The Morgan fingerprint density at radius 1 is 1.14 bits per heavy atom. The summed E-state index contributed by atoms with van der Waals surface area (Å²) in [6, 6.07) is 9.98. The number of carbonyl (C=O) groups excluding carboxylic acids is 1. The fourth-order valence-electron chi connectivity index (χ4n) is 4.22. The number of benzene rings is 2. The molecule has 1 N–H and O–H groups in total. The second kappa shape index (κ2) is 10.6. The topological polar surface area (TPSA) is 87.5 Å². The molecule has 1 fully saturated rings. The molecule has 0 aliphatic carbocycles. The Morgan fingerprint density at radius 3 is 2.53 bits per heavy atom. The Bertz CT molecular complexity index is 1380. The van der Waals surface area contributed by atoms with E-state index in [9.17, 15) is 17.6 Å². The summed E-state index contributed by atoms with van der Waals surface area (Å²) >= 11 is 6.05. The number of nitrogens with zero attached hydrogens (tertiary/aromatic N) is 4. The van der Waals surface area contributed by atoms with Crippen LogP contribution < -0.4 is 10.2 Å². The van der Waals surface area contributed by atoms with Crippen molar-refractivity contribution in [1.82, 2.24) is 19.4 Å². The molecule has 2 aromatic carbocycles. The van der Waals surface area contributed by atoms with Crippen LogP contribution in [0.3, 0.4) is 0 Å². The summed E-state index contributed by atoms with van der Waals surface area (Å²) in [5, 5.41) is 6.80. The summed E-state index contributed by atoms with van der Waals surface area (Å²) in [6.45, 7) is 7.97. The first-order valence-electron chi connectivity index (χ1n) is 11.7. The number of anilines is 1. The molecule has 1 aliphatic heterocycles. The number of hydrogen-bond acceptors (Lipinski definition) is 5. The summed E-state index contributed by atoms with van der Waals surface area (Å²) in [5.41, 5.74) is 3.94. The fraction of sp³-hybridized carbons (Fsp3) is 0.360. The smallest absolute Gasteiger partial charge is 0.263 e. The van der Waals surface area contributed by atoms with Gasteiger partial charge in [-0.25, -0.2) is 12.8 Å². The van der Waals surface area contributed by atoms with Crippen LogP contribution in [0, 0.1) is 19.7 Å². The third-order valence-electron chi connectivity index (χ3n) is 6.49. The predicted molar refractivity (Wildman–Crippen MR) is 137 cm³/mol. The summed E-state index contributed by atoms with van der Waals surface area (Å²) < 4.78 is 43.2. The highest BCUT2D eigenvalue weighted by atomic mass is 35.5. The van der Waals surface area contributed by atoms with Gasteiger partial charge in [-0.15, -0.1) is 0 Å². The highest BCUT2D eigenvalue weighted by molar-refractivity contribution is 7.89. The Labute approximate surface area is 215 Å². The number of aryl methyl sites for hydroxylation is 2. The Balaban J connectivity index is 1.51. The number of piperazine rings is 1. The molecule has 1 saturated heterocycles. The summed E-state index contributed by atoms with van der Waals surface area (Å²) in [5.74, 6) is -1.08. The molecular weight excluding hydrogens is 505 g/mol. The molecule has 0 saturated carbocycles. The summed E-state index contributed by atoms with van der Waals surface area (Å²) in [7, 11) is -4.01. The lowest BCUT2D eigenvalue weighted by atomic mass is 10.1. The second-order valence-electron chi connectivity index (χ2n) is 8.73. The maximum Gasteiger partial charge on any atom is 0.263 e. The van der Waals surface area contributed by atoms with Crippen LogP contribution in [0.2, 0.25) is 5.02 Å². The van der Waals surface area contributed by atoms with Crippen molar-refractivity contribution in [3.05, 3.63) is 75.7 Å². The zero-order valence-electron chi connectivity index (χ0n) is 20.5. The van der Waals surface area contributed by atoms with Crippen LogP contribution in [0.4, 0.5) is 10.1 Å². The quantitative estimate of drug-likeness (QED) is 0.500. The Kier molecular flexibility index (Phi) is 7.67. The number of amides is 1. The minimum absolute atomic E-state index is 0.0171. The van der Waals surface area contributed by atoms with E-state index in [2.05, 4.69) is 35.2 Å². The maximum atomic E-state index is 13.6. The third kappa shape index (κ3) is 5.25. The number of carbonyl (C=O) groups is 1. The number of sulfonamides is 1. The van der Waals surface area contributed by atoms with E-state index in [1.807, 2.05) is 19.1 Å². The number of rotatable bonds is 7. The van der Waals surface area contributed by atoms with Crippen molar-refractivity contribution in [2.24, 2.45) is 0 Å². The molecule has 36 heavy (non-hydrogen) atoms. The van der Waals surface area contributed by atoms with Crippen molar-refractivity contribution in [3.8, 4) is 0 Å². The Morgan fingerprint density at radius 2 is 1.86 bits per heavy atom. The van der Waals surface area contributed by atoms with E-state index >= 15 is 0 Å². The molecule has 11 heteroatoms. The molecule has 0 radical (unpaired) electrons. The van der Waals surface area contributed by atoms with Crippen LogP contribution in [0.15, 0.2) is 47.6 Å². The summed E-state index contributed by atoms with van der Waals surface area (Å²) in [4.78, 5) is 15.2. The van der Waals surface area contributed by atoms with Crippen LogP contribution in [0.5, 0.6) is 0 Å². The van der Waals surface area contributed by atoms with Gasteiger partial charge in [-0.1, -0.05) is 29.8 Å².